The molecule has 4 atom stereocenters. The molecule has 1 aromatic carbocycles. The minimum absolute atomic E-state index is 0.0802. The van der Waals surface area contributed by atoms with E-state index < -0.39 is 5.97 Å². The van der Waals surface area contributed by atoms with Crippen molar-refractivity contribution in [2.45, 2.75) is 70.5 Å². The van der Waals surface area contributed by atoms with E-state index in [0.717, 1.165) is 44.9 Å². The number of aliphatic carboxylic acids is 1. The monoisotopic (exact) mass is 400 g/mol. The van der Waals surface area contributed by atoms with Gasteiger partial charge in [0.1, 0.15) is 0 Å². The lowest BCUT2D eigenvalue weighted by atomic mass is 9.77. The van der Waals surface area contributed by atoms with Crippen LogP contribution >= 0.6 is 0 Å². The predicted molar refractivity (Wildman–Crippen MR) is 112 cm³/mol. The molecule has 29 heavy (non-hydrogen) atoms. The smallest absolute Gasteiger partial charge is 0.303 e. The molecule has 1 aromatic rings. The molecule has 0 spiro atoms. The van der Waals surface area contributed by atoms with Crippen LogP contribution in [0.5, 0.6) is 0 Å². The van der Waals surface area contributed by atoms with E-state index in [1.54, 1.807) is 0 Å². The third-order valence-corrected chi connectivity index (χ3v) is 6.10. The highest BCUT2D eigenvalue weighted by Crippen LogP contribution is 2.45. The van der Waals surface area contributed by atoms with Crippen LogP contribution in [0.2, 0.25) is 0 Å². The van der Waals surface area contributed by atoms with Crippen LogP contribution in [-0.2, 0) is 9.53 Å². The van der Waals surface area contributed by atoms with Crippen LogP contribution in [0.15, 0.2) is 35.4 Å². The van der Waals surface area contributed by atoms with Gasteiger partial charge >= 0.3 is 5.97 Å². The summed E-state index contributed by atoms with van der Waals surface area (Å²) < 4.78 is 6.15. The topological polar surface area (TPSA) is 79.2 Å². The molecule has 1 N–H and O–H groups in total. The highest BCUT2D eigenvalue weighted by Gasteiger charge is 2.47. The van der Waals surface area contributed by atoms with E-state index in [1.807, 2.05) is 43.5 Å². The summed E-state index contributed by atoms with van der Waals surface area (Å²) in [5, 5.41) is 14.8. The Morgan fingerprint density at radius 1 is 1.14 bits per heavy atom. The van der Waals surface area contributed by atoms with E-state index in [2.05, 4.69) is 5.10 Å². The van der Waals surface area contributed by atoms with Gasteiger partial charge in [-0.25, -0.2) is 5.01 Å². The van der Waals surface area contributed by atoms with Gasteiger partial charge in [-0.1, -0.05) is 37.5 Å². The molecule has 1 amide bonds. The van der Waals surface area contributed by atoms with Crippen LogP contribution in [0.25, 0.3) is 0 Å². The lowest BCUT2D eigenvalue weighted by Gasteiger charge is -2.26. The number of hydrogen-bond donors (Lipinski definition) is 1. The third kappa shape index (κ3) is 5.66. The molecule has 2 bridgehead atoms. The highest BCUT2D eigenvalue weighted by atomic mass is 16.5. The summed E-state index contributed by atoms with van der Waals surface area (Å²) in [6.07, 6.45) is 9.82. The van der Waals surface area contributed by atoms with Crippen LogP contribution in [0.4, 0.5) is 0 Å². The Morgan fingerprint density at radius 3 is 2.59 bits per heavy atom. The van der Waals surface area contributed by atoms with E-state index in [9.17, 15) is 9.59 Å². The molecule has 0 radical (unpaired) electrons. The van der Waals surface area contributed by atoms with Crippen molar-refractivity contribution < 1.29 is 19.4 Å². The Bertz CT molecular complexity index is 706. The quantitative estimate of drug-likeness (QED) is 0.340. The average molecular weight is 401 g/mol. The first-order valence-corrected chi connectivity index (χ1v) is 10.9. The summed E-state index contributed by atoms with van der Waals surface area (Å²) in [6.45, 7) is 2.46. The molecule has 2 heterocycles. The van der Waals surface area contributed by atoms with Crippen molar-refractivity contribution >= 4 is 18.1 Å². The molecule has 0 aromatic heterocycles. The molecule has 2 aliphatic rings. The maximum atomic E-state index is 12.7. The van der Waals surface area contributed by atoms with Gasteiger partial charge in [0.2, 0.25) is 0 Å². The molecular formula is C23H32N2O4. The lowest BCUT2D eigenvalue weighted by Crippen LogP contribution is -2.31. The van der Waals surface area contributed by atoms with Crippen molar-refractivity contribution in [3.8, 4) is 0 Å². The first-order chi connectivity index (χ1) is 14.1. The summed E-state index contributed by atoms with van der Waals surface area (Å²) >= 11 is 0. The number of hydrazone groups is 1. The Kier molecular flexibility index (Phi) is 7.81. The van der Waals surface area contributed by atoms with Crippen molar-refractivity contribution in [1.82, 2.24) is 5.01 Å². The number of carbonyl (C=O) groups is 2. The number of hydrogen-bond acceptors (Lipinski definition) is 4. The number of nitrogens with zero attached hydrogens (tertiary/aromatic N) is 2. The van der Waals surface area contributed by atoms with Gasteiger partial charge in [-0.2, -0.15) is 5.10 Å². The summed E-state index contributed by atoms with van der Waals surface area (Å²) in [6, 6.07) is 9.25. The van der Waals surface area contributed by atoms with Crippen LogP contribution in [-0.4, -0.2) is 47.0 Å². The predicted octanol–water partition coefficient (Wildman–Crippen LogP) is 4.35. The second-order valence-electron chi connectivity index (χ2n) is 8.03. The molecule has 4 unspecified atom stereocenters. The van der Waals surface area contributed by atoms with E-state index in [0.29, 0.717) is 24.1 Å². The number of benzene rings is 1. The number of ether oxygens (including phenoxy) is 1. The van der Waals surface area contributed by atoms with Crippen molar-refractivity contribution in [3.05, 3.63) is 35.9 Å². The fourth-order valence-corrected chi connectivity index (χ4v) is 4.57. The van der Waals surface area contributed by atoms with Crippen molar-refractivity contribution in [2.24, 2.45) is 16.9 Å². The fourth-order valence-electron chi connectivity index (χ4n) is 4.57. The molecule has 3 rings (SSSR count). The summed E-state index contributed by atoms with van der Waals surface area (Å²) in [7, 11) is 0. The van der Waals surface area contributed by atoms with Gasteiger partial charge in [-0.15, -0.1) is 0 Å². The van der Waals surface area contributed by atoms with Crippen molar-refractivity contribution in [1.29, 1.82) is 0 Å². The van der Waals surface area contributed by atoms with Gasteiger partial charge in [0.25, 0.3) is 5.91 Å². The maximum absolute atomic E-state index is 12.7. The largest absolute Gasteiger partial charge is 0.481 e. The standard InChI is InChI=1S/C23H32N2O4/c1-2-25(23(28)17-10-6-5-7-11-17)24-16-19-18(20-14-15-21(19)29-20)12-8-3-4-9-13-22(26)27/h5-7,10-11,16,18-21H,2-4,8-9,12-15H2,1H3,(H,26,27)/b24-16+. The molecular weight excluding hydrogens is 368 g/mol. The minimum Gasteiger partial charge on any atom is -0.481 e. The molecule has 2 saturated heterocycles. The fraction of sp³-hybridized carbons (Fsp3) is 0.609. The number of rotatable bonds is 11. The Hall–Kier alpha value is -2.21. The number of carbonyl (C=O) groups excluding carboxylic acids is 1. The number of unbranched alkanes of at least 4 members (excludes halogenated alkanes) is 3. The summed E-state index contributed by atoms with van der Waals surface area (Å²) in [5.74, 6) is -0.0930. The van der Waals surface area contributed by atoms with Crippen molar-refractivity contribution in [2.75, 3.05) is 6.54 Å². The summed E-state index contributed by atoms with van der Waals surface area (Å²) in [4.78, 5) is 23.3. The molecule has 0 saturated carbocycles. The van der Waals surface area contributed by atoms with E-state index in [1.165, 1.54) is 5.01 Å². The van der Waals surface area contributed by atoms with Crippen LogP contribution in [0.3, 0.4) is 0 Å². The average Bonchev–Trinajstić information content (AvgIpc) is 3.33. The minimum atomic E-state index is -0.715. The molecule has 2 aliphatic heterocycles. The number of fused-ring (bicyclic) bond motifs is 2. The maximum Gasteiger partial charge on any atom is 0.303 e. The van der Waals surface area contributed by atoms with Gasteiger partial charge in [0.05, 0.1) is 12.2 Å². The number of carboxylic acids is 1. The van der Waals surface area contributed by atoms with E-state index in [-0.39, 0.29) is 24.3 Å². The van der Waals surface area contributed by atoms with Gasteiger partial charge in [0, 0.05) is 30.7 Å². The second kappa shape index (κ2) is 10.5. The zero-order valence-corrected chi connectivity index (χ0v) is 17.2. The second-order valence-corrected chi connectivity index (χ2v) is 8.03. The Balaban J connectivity index is 1.54. The third-order valence-electron chi connectivity index (χ3n) is 6.10. The molecule has 158 valence electrons. The van der Waals surface area contributed by atoms with Gasteiger partial charge < -0.3 is 9.84 Å². The molecule has 0 aliphatic carbocycles. The Labute approximate surface area is 172 Å². The van der Waals surface area contributed by atoms with E-state index in [4.69, 9.17) is 9.84 Å². The zero-order chi connectivity index (χ0) is 20.6. The molecule has 6 heteroatoms. The van der Waals surface area contributed by atoms with Crippen LogP contribution < -0.4 is 0 Å². The lowest BCUT2D eigenvalue weighted by molar-refractivity contribution is -0.137. The normalized spacial score (nSPS) is 25.6. The summed E-state index contributed by atoms with van der Waals surface area (Å²) in [5.41, 5.74) is 0.647. The number of carboxylic acid groups (broad SMARTS) is 1. The van der Waals surface area contributed by atoms with Crippen molar-refractivity contribution in [3.63, 3.8) is 0 Å². The molecule has 2 fully saturated rings. The SMILES string of the molecule is CCN(/N=C/C1C2CCC(O2)C1CCCCCCC(=O)O)C(=O)c1ccccc1. The zero-order valence-electron chi connectivity index (χ0n) is 17.2. The van der Waals surface area contributed by atoms with Crippen LogP contribution in [0, 0.1) is 11.8 Å². The highest BCUT2D eigenvalue weighted by molar-refractivity contribution is 5.94. The Morgan fingerprint density at radius 2 is 1.86 bits per heavy atom. The van der Waals surface area contributed by atoms with Crippen LogP contribution in [0.1, 0.15) is 68.6 Å². The number of amides is 1. The van der Waals surface area contributed by atoms with Gasteiger partial charge in [-0.3, -0.25) is 9.59 Å². The van der Waals surface area contributed by atoms with E-state index >= 15 is 0 Å². The van der Waals surface area contributed by atoms with Gasteiger partial charge in [-0.05, 0) is 50.7 Å². The molecule has 6 nitrogen and oxygen atoms in total. The van der Waals surface area contributed by atoms with Gasteiger partial charge in [0.15, 0.2) is 0 Å². The first kappa shape index (κ1) is 21.5. The first-order valence-electron chi connectivity index (χ1n) is 10.9.